The summed E-state index contributed by atoms with van der Waals surface area (Å²) in [5.41, 5.74) is 0.894. The van der Waals surface area contributed by atoms with Crippen molar-refractivity contribution in [2.75, 3.05) is 0 Å². The molecule has 0 saturated carbocycles. The van der Waals surface area contributed by atoms with E-state index in [9.17, 15) is 14.7 Å². The third-order valence-electron chi connectivity index (χ3n) is 3.50. The van der Waals surface area contributed by atoms with Gasteiger partial charge in [-0.1, -0.05) is 41.9 Å². The van der Waals surface area contributed by atoms with Crippen LogP contribution < -0.4 is 10.7 Å². The molecule has 0 N–H and O–H groups in total. The fourth-order valence-electron chi connectivity index (χ4n) is 2.44. The molecule has 0 fully saturated rings. The molecule has 23 heavy (non-hydrogen) atoms. The minimum atomic E-state index is -1.24. The van der Waals surface area contributed by atoms with Gasteiger partial charge in [0, 0.05) is 22.8 Å². The first-order valence-electron chi connectivity index (χ1n) is 6.97. The summed E-state index contributed by atoms with van der Waals surface area (Å²) in [6.45, 7) is 0.237. The zero-order valence-electron chi connectivity index (χ0n) is 12.0. The number of halogens is 1. The molecule has 0 aliphatic heterocycles. The van der Waals surface area contributed by atoms with Gasteiger partial charge in [-0.05, 0) is 23.8 Å². The third-order valence-corrected chi connectivity index (χ3v) is 3.75. The zero-order chi connectivity index (χ0) is 16.4. The Balaban J connectivity index is 2.12. The van der Waals surface area contributed by atoms with Crippen LogP contribution in [0.3, 0.4) is 0 Å². The average molecular weight is 328 g/mol. The van der Waals surface area contributed by atoms with Crippen LogP contribution in [0.4, 0.5) is 0 Å². The minimum absolute atomic E-state index is 0.237. The fourth-order valence-corrected chi connectivity index (χ4v) is 2.57. The molecule has 3 rings (SSSR count). The topological polar surface area (TPSA) is 75.0 Å². The smallest absolute Gasteiger partial charge is 0.274 e. The van der Waals surface area contributed by atoms with E-state index >= 15 is 0 Å². The molecule has 0 atom stereocenters. The first-order valence-corrected chi connectivity index (χ1v) is 7.35. The Morgan fingerprint density at radius 1 is 1.09 bits per heavy atom. The van der Waals surface area contributed by atoms with Crippen molar-refractivity contribution in [1.82, 2.24) is 9.78 Å². The summed E-state index contributed by atoms with van der Waals surface area (Å²) in [6.07, 6.45) is -0.346. The van der Waals surface area contributed by atoms with Crippen molar-refractivity contribution in [3.8, 4) is 0 Å². The number of carboxylic acids is 1. The van der Waals surface area contributed by atoms with E-state index in [4.69, 9.17) is 11.6 Å². The molecule has 0 bridgehead atoms. The highest BCUT2D eigenvalue weighted by Gasteiger charge is 2.11. The molecule has 2 aromatic carbocycles. The Morgan fingerprint density at radius 3 is 2.39 bits per heavy atom. The first-order chi connectivity index (χ1) is 11.0. The highest BCUT2D eigenvalue weighted by Crippen LogP contribution is 2.15. The van der Waals surface area contributed by atoms with Gasteiger partial charge in [-0.3, -0.25) is 4.79 Å². The fraction of sp³-hybridized carbons (Fsp3) is 0.118. The predicted octanol–water partition coefficient (Wildman–Crippen LogP) is 1.39. The second kappa shape index (κ2) is 6.22. The van der Waals surface area contributed by atoms with Gasteiger partial charge in [0.25, 0.3) is 5.56 Å². The van der Waals surface area contributed by atoms with Crippen molar-refractivity contribution in [2.45, 2.75) is 13.0 Å². The molecular formula is C17H12ClN2O3-. The van der Waals surface area contributed by atoms with Gasteiger partial charge in [0.2, 0.25) is 0 Å². The van der Waals surface area contributed by atoms with Crippen LogP contribution in [0.5, 0.6) is 0 Å². The molecule has 0 spiro atoms. The third kappa shape index (κ3) is 3.24. The molecule has 0 aliphatic rings. The second-order valence-corrected chi connectivity index (χ2v) is 5.57. The van der Waals surface area contributed by atoms with Crippen molar-refractivity contribution in [3.63, 3.8) is 0 Å². The molecular weight excluding hydrogens is 316 g/mol. The van der Waals surface area contributed by atoms with Gasteiger partial charge in [-0.15, -0.1) is 0 Å². The first kappa shape index (κ1) is 15.2. The highest BCUT2D eigenvalue weighted by atomic mass is 35.5. The van der Waals surface area contributed by atoms with Crippen LogP contribution in [0.25, 0.3) is 10.8 Å². The normalized spacial score (nSPS) is 10.8. The summed E-state index contributed by atoms with van der Waals surface area (Å²) in [4.78, 5) is 23.5. The van der Waals surface area contributed by atoms with E-state index in [1.165, 1.54) is 4.68 Å². The lowest BCUT2D eigenvalue weighted by Crippen LogP contribution is -2.29. The summed E-state index contributed by atoms with van der Waals surface area (Å²) < 4.78 is 1.27. The summed E-state index contributed by atoms with van der Waals surface area (Å²) in [5.74, 6) is -1.24. The largest absolute Gasteiger partial charge is 0.550 e. The number of aromatic nitrogens is 2. The molecule has 116 valence electrons. The van der Waals surface area contributed by atoms with Crippen molar-refractivity contribution in [1.29, 1.82) is 0 Å². The van der Waals surface area contributed by atoms with E-state index in [0.717, 1.165) is 5.56 Å². The molecule has 1 heterocycles. The maximum absolute atomic E-state index is 12.5. The number of aliphatic carboxylic acids is 1. The number of carboxylic acid groups (broad SMARTS) is 1. The van der Waals surface area contributed by atoms with E-state index in [0.29, 0.717) is 21.5 Å². The Hall–Kier alpha value is -2.66. The minimum Gasteiger partial charge on any atom is -0.550 e. The predicted molar refractivity (Wildman–Crippen MR) is 85.3 cm³/mol. The summed E-state index contributed by atoms with van der Waals surface area (Å²) in [6, 6.07) is 13.9. The Kier molecular flexibility index (Phi) is 4.12. The van der Waals surface area contributed by atoms with Gasteiger partial charge in [-0.2, -0.15) is 5.10 Å². The van der Waals surface area contributed by atoms with Gasteiger partial charge >= 0.3 is 0 Å². The van der Waals surface area contributed by atoms with Crippen LogP contribution in [0, 0.1) is 0 Å². The molecule has 6 heteroatoms. The lowest BCUT2D eigenvalue weighted by Gasteiger charge is -2.11. The maximum atomic E-state index is 12.5. The number of hydrogen-bond acceptors (Lipinski definition) is 4. The van der Waals surface area contributed by atoms with Crippen molar-refractivity contribution in [3.05, 3.63) is 75.2 Å². The van der Waals surface area contributed by atoms with Gasteiger partial charge in [0.15, 0.2) is 0 Å². The molecule has 0 amide bonds. The van der Waals surface area contributed by atoms with Crippen molar-refractivity contribution >= 4 is 28.3 Å². The summed E-state index contributed by atoms with van der Waals surface area (Å²) >= 11 is 5.85. The molecule has 0 radical (unpaired) electrons. The Morgan fingerprint density at radius 2 is 1.74 bits per heavy atom. The SMILES string of the molecule is O=C([O-])Cc1nn(Cc2ccc(Cl)cc2)c(=O)c2ccccc12. The molecule has 1 aromatic heterocycles. The Labute approximate surface area is 136 Å². The van der Waals surface area contributed by atoms with Gasteiger partial charge in [-0.25, -0.2) is 4.68 Å². The lowest BCUT2D eigenvalue weighted by molar-refractivity contribution is -0.304. The van der Waals surface area contributed by atoms with Gasteiger partial charge in [0.05, 0.1) is 17.6 Å². The van der Waals surface area contributed by atoms with Crippen LogP contribution in [0.2, 0.25) is 5.02 Å². The number of benzene rings is 2. The van der Waals surface area contributed by atoms with E-state index in [-0.39, 0.29) is 18.5 Å². The van der Waals surface area contributed by atoms with Crippen LogP contribution in [-0.2, 0) is 17.8 Å². The molecule has 5 nitrogen and oxygen atoms in total. The van der Waals surface area contributed by atoms with E-state index < -0.39 is 5.97 Å². The number of rotatable bonds is 4. The number of hydrogen-bond donors (Lipinski definition) is 0. The van der Waals surface area contributed by atoms with Crippen LogP contribution in [0.1, 0.15) is 11.3 Å². The highest BCUT2D eigenvalue weighted by molar-refractivity contribution is 6.30. The van der Waals surface area contributed by atoms with E-state index in [2.05, 4.69) is 5.10 Å². The number of carbonyl (C=O) groups excluding carboxylic acids is 1. The molecule has 3 aromatic rings. The second-order valence-electron chi connectivity index (χ2n) is 5.13. The Bertz CT molecular complexity index is 933. The van der Waals surface area contributed by atoms with E-state index in [1.807, 2.05) is 0 Å². The van der Waals surface area contributed by atoms with Crippen LogP contribution in [-0.4, -0.2) is 15.7 Å². The number of carbonyl (C=O) groups is 1. The standard InChI is InChI=1S/C17H13ClN2O3/c18-12-7-5-11(6-8-12)10-20-17(23)14-4-2-1-3-13(14)15(19-20)9-16(21)22/h1-8H,9-10H2,(H,21,22)/p-1. The van der Waals surface area contributed by atoms with Crippen molar-refractivity contribution < 1.29 is 9.90 Å². The monoisotopic (exact) mass is 327 g/mol. The number of nitrogens with zero attached hydrogens (tertiary/aromatic N) is 2. The van der Waals surface area contributed by atoms with E-state index in [1.54, 1.807) is 48.5 Å². The van der Waals surface area contributed by atoms with Gasteiger partial charge < -0.3 is 9.90 Å². The quantitative estimate of drug-likeness (QED) is 0.725. The maximum Gasteiger partial charge on any atom is 0.274 e. The van der Waals surface area contributed by atoms with Gasteiger partial charge in [0.1, 0.15) is 0 Å². The average Bonchev–Trinajstić information content (AvgIpc) is 2.53. The van der Waals surface area contributed by atoms with Crippen LogP contribution in [0.15, 0.2) is 53.3 Å². The summed E-state index contributed by atoms with van der Waals surface area (Å²) in [5, 5.41) is 16.7. The van der Waals surface area contributed by atoms with Crippen LogP contribution >= 0.6 is 11.6 Å². The van der Waals surface area contributed by atoms with Crippen molar-refractivity contribution in [2.24, 2.45) is 0 Å². The molecule has 0 aliphatic carbocycles. The lowest BCUT2D eigenvalue weighted by atomic mass is 10.1. The number of fused-ring (bicyclic) bond motifs is 1. The molecule has 0 unspecified atom stereocenters. The molecule has 0 saturated heterocycles. The summed E-state index contributed by atoms with van der Waals surface area (Å²) in [7, 11) is 0. The zero-order valence-corrected chi connectivity index (χ0v) is 12.8.